The molecule has 1 N–H and O–H groups in total. The van der Waals surface area contributed by atoms with E-state index >= 15 is 0 Å². The van der Waals surface area contributed by atoms with Crippen molar-refractivity contribution in [1.29, 1.82) is 0 Å². The van der Waals surface area contributed by atoms with Gasteiger partial charge >= 0.3 is 0 Å². The van der Waals surface area contributed by atoms with Crippen LogP contribution in [0.5, 0.6) is 0 Å². The van der Waals surface area contributed by atoms with Crippen molar-refractivity contribution in [3.05, 3.63) is 77.1 Å². The van der Waals surface area contributed by atoms with E-state index < -0.39 is 0 Å². The Balaban J connectivity index is 1.41. The number of amides is 1. The number of ether oxygens (including phenoxy) is 1. The molecule has 0 aliphatic carbocycles. The van der Waals surface area contributed by atoms with Crippen LogP contribution in [0, 0.1) is 0 Å². The van der Waals surface area contributed by atoms with Gasteiger partial charge in [0.25, 0.3) is 5.91 Å². The van der Waals surface area contributed by atoms with Crippen LogP contribution in [-0.2, 0) is 4.74 Å². The number of rotatable bonds is 5. The average Bonchev–Trinajstić information content (AvgIpc) is 3.25. The summed E-state index contributed by atoms with van der Waals surface area (Å²) in [5.41, 5.74) is 3.45. The molecule has 1 saturated heterocycles. The van der Waals surface area contributed by atoms with Gasteiger partial charge in [0.05, 0.1) is 41.7 Å². The maximum absolute atomic E-state index is 12.7. The van der Waals surface area contributed by atoms with E-state index in [-0.39, 0.29) is 11.9 Å². The molecule has 150 valence electrons. The molecule has 0 spiro atoms. The Morgan fingerprint density at radius 1 is 1.14 bits per heavy atom. The zero-order chi connectivity index (χ0) is 20.2. The standard InChI is InChI=1S/C22H23ClN4O2/c1-16(17-6-8-19(9-7-17)26-10-12-29-13-11-26)25-22(28)18-14-24-27(15-18)21-5-3-2-4-20(21)23/h2-9,14-16H,10-13H2,1H3,(H,25,28). The van der Waals surface area contributed by atoms with Gasteiger partial charge in [-0.15, -0.1) is 0 Å². The molecular weight excluding hydrogens is 388 g/mol. The largest absolute Gasteiger partial charge is 0.378 e. The predicted octanol–water partition coefficient (Wildman–Crippen LogP) is 3.85. The summed E-state index contributed by atoms with van der Waals surface area (Å²) in [7, 11) is 0. The Labute approximate surface area is 175 Å². The Kier molecular flexibility index (Phi) is 5.83. The van der Waals surface area contributed by atoms with Crippen LogP contribution in [0.1, 0.15) is 28.9 Å². The molecule has 2 aromatic carbocycles. The summed E-state index contributed by atoms with van der Waals surface area (Å²) in [6.45, 7) is 5.30. The number of halogens is 1. The number of carbonyl (C=O) groups excluding carboxylic acids is 1. The summed E-state index contributed by atoms with van der Waals surface area (Å²) >= 11 is 6.21. The van der Waals surface area contributed by atoms with E-state index in [2.05, 4.69) is 39.6 Å². The second-order valence-corrected chi connectivity index (χ2v) is 7.42. The lowest BCUT2D eigenvalue weighted by molar-refractivity contribution is 0.0940. The molecule has 4 rings (SSSR count). The minimum absolute atomic E-state index is 0.120. The Hall–Kier alpha value is -2.83. The van der Waals surface area contributed by atoms with Gasteiger partial charge in [-0.25, -0.2) is 4.68 Å². The molecule has 1 unspecified atom stereocenters. The van der Waals surface area contributed by atoms with Crippen LogP contribution in [0.2, 0.25) is 5.02 Å². The highest BCUT2D eigenvalue weighted by Crippen LogP contribution is 2.22. The second kappa shape index (κ2) is 8.68. The molecule has 1 amide bonds. The van der Waals surface area contributed by atoms with E-state index in [1.54, 1.807) is 23.1 Å². The van der Waals surface area contributed by atoms with Gasteiger partial charge in [-0.1, -0.05) is 35.9 Å². The van der Waals surface area contributed by atoms with Gasteiger partial charge in [0.15, 0.2) is 0 Å². The first-order valence-corrected chi connectivity index (χ1v) is 10.0. The summed E-state index contributed by atoms with van der Waals surface area (Å²) in [5.74, 6) is -0.173. The van der Waals surface area contributed by atoms with Crippen LogP contribution in [0.3, 0.4) is 0 Å². The molecule has 0 saturated carbocycles. The minimum Gasteiger partial charge on any atom is -0.378 e. The van der Waals surface area contributed by atoms with Crippen molar-refractivity contribution in [3.63, 3.8) is 0 Å². The summed E-state index contributed by atoms with van der Waals surface area (Å²) in [4.78, 5) is 15.0. The maximum atomic E-state index is 12.7. The summed E-state index contributed by atoms with van der Waals surface area (Å²) in [6, 6.07) is 15.6. The van der Waals surface area contributed by atoms with Crippen molar-refractivity contribution in [2.24, 2.45) is 0 Å². The third-order valence-corrected chi connectivity index (χ3v) is 5.38. The maximum Gasteiger partial charge on any atom is 0.254 e. The van der Waals surface area contributed by atoms with E-state index in [1.807, 2.05) is 25.1 Å². The van der Waals surface area contributed by atoms with Crippen molar-refractivity contribution in [1.82, 2.24) is 15.1 Å². The lowest BCUT2D eigenvalue weighted by Crippen LogP contribution is -2.36. The molecule has 0 bridgehead atoms. The molecular formula is C22H23ClN4O2. The van der Waals surface area contributed by atoms with Crippen molar-refractivity contribution < 1.29 is 9.53 Å². The van der Waals surface area contributed by atoms with E-state index in [9.17, 15) is 4.79 Å². The zero-order valence-electron chi connectivity index (χ0n) is 16.2. The number of hydrogen-bond donors (Lipinski definition) is 1. The van der Waals surface area contributed by atoms with Crippen LogP contribution < -0.4 is 10.2 Å². The quantitative estimate of drug-likeness (QED) is 0.694. The van der Waals surface area contributed by atoms with Gasteiger partial charge in [-0.3, -0.25) is 4.79 Å². The number of hydrogen-bond acceptors (Lipinski definition) is 4. The fraction of sp³-hybridized carbons (Fsp3) is 0.273. The lowest BCUT2D eigenvalue weighted by atomic mass is 10.1. The zero-order valence-corrected chi connectivity index (χ0v) is 17.0. The van der Waals surface area contributed by atoms with E-state index in [1.165, 1.54) is 5.69 Å². The Bertz CT molecular complexity index is 980. The van der Waals surface area contributed by atoms with Crippen molar-refractivity contribution in [2.45, 2.75) is 13.0 Å². The van der Waals surface area contributed by atoms with Crippen molar-refractivity contribution >= 4 is 23.2 Å². The SMILES string of the molecule is CC(NC(=O)c1cnn(-c2ccccc2Cl)c1)c1ccc(N2CCOCC2)cc1. The molecule has 1 atom stereocenters. The summed E-state index contributed by atoms with van der Waals surface area (Å²) in [6.07, 6.45) is 3.23. The summed E-state index contributed by atoms with van der Waals surface area (Å²) in [5, 5.41) is 7.88. The highest BCUT2D eigenvalue weighted by molar-refractivity contribution is 6.32. The van der Waals surface area contributed by atoms with Gasteiger partial charge in [0.1, 0.15) is 0 Å². The molecule has 1 aliphatic heterocycles. The third kappa shape index (κ3) is 4.44. The van der Waals surface area contributed by atoms with Gasteiger partial charge in [-0.2, -0.15) is 5.10 Å². The van der Waals surface area contributed by atoms with Crippen LogP contribution in [0.15, 0.2) is 60.9 Å². The molecule has 29 heavy (non-hydrogen) atoms. The van der Waals surface area contributed by atoms with Crippen molar-refractivity contribution in [3.8, 4) is 5.69 Å². The van der Waals surface area contributed by atoms with Crippen LogP contribution >= 0.6 is 11.6 Å². The fourth-order valence-electron chi connectivity index (χ4n) is 3.37. The molecule has 7 heteroatoms. The number of benzene rings is 2. The lowest BCUT2D eigenvalue weighted by Gasteiger charge is -2.29. The highest BCUT2D eigenvalue weighted by Gasteiger charge is 2.16. The molecule has 2 heterocycles. The number of morpholine rings is 1. The number of carbonyl (C=O) groups is 1. The topological polar surface area (TPSA) is 59.4 Å². The van der Waals surface area contributed by atoms with Gasteiger partial charge in [0.2, 0.25) is 0 Å². The molecule has 1 fully saturated rings. The minimum atomic E-state index is -0.173. The number of nitrogens with zero attached hydrogens (tertiary/aromatic N) is 3. The predicted molar refractivity (Wildman–Crippen MR) is 114 cm³/mol. The molecule has 1 aliphatic rings. The van der Waals surface area contributed by atoms with Crippen LogP contribution in [0.25, 0.3) is 5.69 Å². The fourth-order valence-corrected chi connectivity index (χ4v) is 3.59. The molecule has 0 radical (unpaired) electrons. The monoisotopic (exact) mass is 410 g/mol. The second-order valence-electron chi connectivity index (χ2n) is 7.01. The van der Waals surface area contributed by atoms with Gasteiger partial charge in [-0.05, 0) is 36.8 Å². The first-order chi connectivity index (χ1) is 14.1. The average molecular weight is 411 g/mol. The normalized spacial score (nSPS) is 15.2. The molecule has 1 aromatic heterocycles. The number of nitrogens with one attached hydrogen (secondary N) is 1. The smallest absolute Gasteiger partial charge is 0.254 e. The summed E-state index contributed by atoms with van der Waals surface area (Å²) < 4.78 is 7.01. The van der Waals surface area contributed by atoms with Crippen molar-refractivity contribution in [2.75, 3.05) is 31.2 Å². The Morgan fingerprint density at radius 3 is 2.59 bits per heavy atom. The van der Waals surface area contributed by atoms with E-state index in [0.29, 0.717) is 10.6 Å². The third-order valence-electron chi connectivity index (χ3n) is 5.06. The number of aromatic nitrogens is 2. The van der Waals surface area contributed by atoms with Crippen LogP contribution in [0.4, 0.5) is 5.69 Å². The first-order valence-electron chi connectivity index (χ1n) is 9.65. The number of para-hydroxylation sites is 1. The van der Waals surface area contributed by atoms with Gasteiger partial charge in [0, 0.05) is 25.0 Å². The highest BCUT2D eigenvalue weighted by atomic mass is 35.5. The Morgan fingerprint density at radius 2 is 1.86 bits per heavy atom. The first kappa shape index (κ1) is 19.5. The molecule has 6 nitrogen and oxygen atoms in total. The van der Waals surface area contributed by atoms with Gasteiger partial charge < -0.3 is 15.0 Å². The molecule has 3 aromatic rings. The van der Waals surface area contributed by atoms with E-state index in [4.69, 9.17) is 16.3 Å². The van der Waals surface area contributed by atoms with Crippen LogP contribution in [-0.4, -0.2) is 42.0 Å². The van der Waals surface area contributed by atoms with E-state index in [0.717, 1.165) is 37.6 Å². The number of anilines is 1.